The third kappa shape index (κ3) is 2.35. The largest absolute Gasteiger partial charge is 0.339 e. The topological polar surface area (TPSA) is 33.2 Å². The van der Waals surface area contributed by atoms with Crippen molar-refractivity contribution >= 4 is 17.5 Å². The van der Waals surface area contributed by atoms with E-state index in [4.69, 9.17) is 11.6 Å². The molecular formula is C12H15ClN2O. The van der Waals surface area contributed by atoms with Crippen molar-refractivity contribution in [1.82, 2.24) is 9.88 Å². The van der Waals surface area contributed by atoms with Gasteiger partial charge in [-0.1, -0.05) is 11.6 Å². The summed E-state index contributed by atoms with van der Waals surface area (Å²) in [6.45, 7) is 3.53. The highest BCUT2D eigenvalue weighted by Gasteiger charge is 2.20. The van der Waals surface area contributed by atoms with E-state index in [1.54, 1.807) is 6.07 Å². The molecule has 1 aliphatic rings. The average Bonchev–Trinajstić information content (AvgIpc) is 2.29. The zero-order valence-corrected chi connectivity index (χ0v) is 10.1. The molecule has 0 atom stereocenters. The lowest BCUT2D eigenvalue weighted by Gasteiger charge is -2.26. The van der Waals surface area contributed by atoms with Crippen LogP contribution in [-0.4, -0.2) is 28.9 Å². The van der Waals surface area contributed by atoms with E-state index >= 15 is 0 Å². The Hall–Kier alpha value is -1.09. The molecule has 1 aromatic rings. The number of rotatable bonds is 1. The average molecular weight is 239 g/mol. The van der Waals surface area contributed by atoms with Crippen LogP contribution < -0.4 is 0 Å². The van der Waals surface area contributed by atoms with Crippen LogP contribution in [0.4, 0.5) is 0 Å². The number of nitrogens with zero attached hydrogens (tertiary/aromatic N) is 2. The summed E-state index contributed by atoms with van der Waals surface area (Å²) in [6.07, 6.45) is 3.38. The molecule has 0 saturated carbocycles. The zero-order valence-electron chi connectivity index (χ0n) is 9.37. The van der Waals surface area contributed by atoms with Crippen molar-refractivity contribution in [3.05, 3.63) is 28.5 Å². The first-order chi connectivity index (χ1) is 7.68. The monoisotopic (exact) mass is 238 g/mol. The van der Waals surface area contributed by atoms with E-state index in [1.165, 1.54) is 6.42 Å². The van der Waals surface area contributed by atoms with Crippen LogP contribution in [0.2, 0.25) is 5.15 Å². The maximum absolute atomic E-state index is 12.1. The fourth-order valence-electron chi connectivity index (χ4n) is 1.95. The van der Waals surface area contributed by atoms with Gasteiger partial charge >= 0.3 is 0 Å². The van der Waals surface area contributed by atoms with E-state index in [9.17, 15) is 4.79 Å². The number of halogens is 1. The molecule has 16 heavy (non-hydrogen) atoms. The van der Waals surface area contributed by atoms with Crippen LogP contribution >= 0.6 is 11.6 Å². The van der Waals surface area contributed by atoms with Crippen LogP contribution in [0.15, 0.2) is 12.1 Å². The van der Waals surface area contributed by atoms with Gasteiger partial charge in [-0.2, -0.15) is 0 Å². The van der Waals surface area contributed by atoms with Crippen LogP contribution in [0.5, 0.6) is 0 Å². The fraction of sp³-hybridized carbons (Fsp3) is 0.500. The number of pyridine rings is 1. The maximum Gasteiger partial charge on any atom is 0.256 e. The molecule has 1 saturated heterocycles. The lowest BCUT2D eigenvalue weighted by Crippen LogP contribution is -2.35. The third-order valence-electron chi connectivity index (χ3n) is 2.86. The van der Waals surface area contributed by atoms with Crippen molar-refractivity contribution in [2.75, 3.05) is 13.1 Å². The van der Waals surface area contributed by atoms with Crippen LogP contribution in [0.3, 0.4) is 0 Å². The molecule has 0 unspecified atom stereocenters. The van der Waals surface area contributed by atoms with Crippen molar-refractivity contribution in [2.24, 2.45) is 0 Å². The van der Waals surface area contributed by atoms with Gasteiger partial charge in [0.1, 0.15) is 5.15 Å². The lowest BCUT2D eigenvalue weighted by molar-refractivity contribution is 0.0724. The predicted octanol–water partition coefficient (Wildman–Crippen LogP) is 2.67. The Morgan fingerprint density at radius 3 is 2.62 bits per heavy atom. The SMILES string of the molecule is Cc1ccc(C(=O)N2CCCCC2)c(Cl)n1. The van der Waals surface area contributed by atoms with Crippen molar-refractivity contribution in [3.8, 4) is 0 Å². The summed E-state index contributed by atoms with van der Waals surface area (Å²) in [5, 5.41) is 0.315. The highest BCUT2D eigenvalue weighted by atomic mass is 35.5. The molecule has 1 aromatic heterocycles. The van der Waals surface area contributed by atoms with Gasteiger partial charge in [-0.15, -0.1) is 0 Å². The van der Waals surface area contributed by atoms with Gasteiger partial charge < -0.3 is 4.90 Å². The van der Waals surface area contributed by atoms with Gasteiger partial charge in [0.25, 0.3) is 5.91 Å². The molecule has 0 spiro atoms. The minimum absolute atomic E-state index is 0.0113. The highest BCUT2D eigenvalue weighted by molar-refractivity contribution is 6.32. The van der Waals surface area contributed by atoms with Crippen molar-refractivity contribution in [3.63, 3.8) is 0 Å². The van der Waals surface area contributed by atoms with Crippen LogP contribution in [0, 0.1) is 6.92 Å². The Labute approximate surface area is 100 Å². The van der Waals surface area contributed by atoms with Gasteiger partial charge in [-0.3, -0.25) is 4.79 Å². The molecule has 0 bridgehead atoms. The van der Waals surface area contributed by atoms with Gasteiger partial charge in [-0.25, -0.2) is 4.98 Å². The smallest absolute Gasteiger partial charge is 0.256 e. The fourth-order valence-corrected chi connectivity index (χ4v) is 2.23. The lowest BCUT2D eigenvalue weighted by atomic mass is 10.1. The van der Waals surface area contributed by atoms with E-state index in [-0.39, 0.29) is 5.91 Å². The molecule has 0 aliphatic carbocycles. The second-order valence-electron chi connectivity index (χ2n) is 4.14. The maximum atomic E-state index is 12.1. The second kappa shape index (κ2) is 4.83. The Morgan fingerprint density at radius 2 is 2.00 bits per heavy atom. The van der Waals surface area contributed by atoms with E-state index in [0.717, 1.165) is 31.6 Å². The van der Waals surface area contributed by atoms with E-state index in [1.807, 2.05) is 17.9 Å². The Balaban J connectivity index is 2.19. The number of piperidine rings is 1. The Morgan fingerprint density at radius 1 is 1.31 bits per heavy atom. The standard InChI is InChI=1S/C12H15ClN2O/c1-9-5-6-10(11(13)14-9)12(16)15-7-3-2-4-8-15/h5-6H,2-4,7-8H2,1H3. The van der Waals surface area contributed by atoms with Crippen molar-refractivity contribution < 1.29 is 4.79 Å². The molecule has 3 nitrogen and oxygen atoms in total. The minimum atomic E-state index is 0.0113. The summed E-state index contributed by atoms with van der Waals surface area (Å²) >= 11 is 5.98. The first-order valence-corrected chi connectivity index (χ1v) is 5.99. The Kier molecular flexibility index (Phi) is 3.44. The molecule has 2 rings (SSSR count). The summed E-state index contributed by atoms with van der Waals surface area (Å²) in [4.78, 5) is 18.1. The van der Waals surface area contributed by atoms with Gasteiger partial charge in [0.2, 0.25) is 0 Å². The Bertz CT molecular complexity index is 400. The third-order valence-corrected chi connectivity index (χ3v) is 3.15. The molecule has 86 valence electrons. The molecule has 1 fully saturated rings. The summed E-state index contributed by atoms with van der Waals surface area (Å²) in [6, 6.07) is 3.59. The molecule has 4 heteroatoms. The number of aryl methyl sites for hydroxylation is 1. The van der Waals surface area contributed by atoms with E-state index in [2.05, 4.69) is 4.98 Å². The molecule has 2 heterocycles. The number of aromatic nitrogens is 1. The highest BCUT2D eigenvalue weighted by Crippen LogP contribution is 2.18. The first kappa shape index (κ1) is 11.4. The van der Waals surface area contributed by atoms with Crippen molar-refractivity contribution in [1.29, 1.82) is 0 Å². The molecular weight excluding hydrogens is 224 g/mol. The summed E-state index contributed by atoms with van der Waals surface area (Å²) in [5.41, 5.74) is 1.36. The van der Waals surface area contributed by atoms with Crippen LogP contribution in [0.1, 0.15) is 35.3 Å². The molecule has 0 N–H and O–H groups in total. The first-order valence-electron chi connectivity index (χ1n) is 5.61. The zero-order chi connectivity index (χ0) is 11.5. The quantitative estimate of drug-likeness (QED) is 0.705. The van der Waals surface area contributed by atoms with E-state index in [0.29, 0.717) is 10.7 Å². The molecule has 0 aromatic carbocycles. The number of carbonyl (C=O) groups is 1. The number of hydrogen-bond acceptors (Lipinski definition) is 2. The van der Waals surface area contributed by atoms with Gasteiger partial charge in [0.15, 0.2) is 0 Å². The summed E-state index contributed by atoms with van der Waals surface area (Å²) < 4.78 is 0. The van der Waals surface area contributed by atoms with Gasteiger partial charge in [0, 0.05) is 18.8 Å². The normalized spacial score (nSPS) is 16.2. The number of hydrogen-bond donors (Lipinski definition) is 0. The molecule has 1 amide bonds. The van der Waals surface area contributed by atoms with Gasteiger partial charge in [0.05, 0.1) is 5.56 Å². The van der Waals surface area contributed by atoms with Crippen molar-refractivity contribution in [2.45, 2.75) is 26.2 Å². The number of carbonyl (C=O) groups excluding carboxylic acids is 1. The van der Waals surface area contributed by atoms with Crippen LogP contribution in [-0.2, 0) is 0 Å². The van der Waals surface area contributed by atoms with E-state index < -0.39 is 0 Å². The molecule has 0 radical (unpaired) electrons. The number of amides is 1. The summed E-state index contributed by atoms with van der Waals surface area (Å²) in [5.74, 6) is 0.0113. The van der Waals surface area contributed by atoms with Crippen LogP contribution in [0.25, 0.3) is 0 Å². The second-order valence-corrected chi connectivity index (χ2v) is 4.50. The number of likely N-dealkylation sites (tertiary alicyclic amines) is 1. The predicted molar refractivity (Wildman–Crippen MR) is 63.7 cm³/mol. The summed E-state index contributed by atoms with van der Waals surface area (Å²) in [7, 11) is 0. The van der Waals surface area contributed by atoms with Gasteiger partial charge in [-0.05, 0) is 38.3 Å². The molecule has 1 aliphatic heterocycles. The minimum Gasteiger partial charge on any atom is -0.339 e.